The molecule has 130 valence electrons. The van der Waals surface area contributed by atoms with E-state index in [1.54, 1.807) is 24.3 Å². The monoisotopic (exact) mass is 456 g/mol. The number of benzene rings is 3. The zero-order chi connectivity index (χ0) is 18.4. The first-order valence-electron chi connectivity index (χ1n) is 8.11. The lowest BCUT2D eigenvalue weighted by atomic mass is 10.1. The Bertz CT molecular complexity index is 898. The molecule has 0 bridgehead atoms. The van der Waals surface area contributed by atoms with Gasteiger partial charge in [0.25, 0.3) is 11.8 Å². The van der Waals surface area contributed by atoms with Gasteiger partial charge in [-0.3, -0.25) is 9.59 Å². The largest absolute Gasteiger partial charge is 0.336 e. The van der Waals surface area contributed by atoms with Gasteiger partial charge >= 0.3 is 0 Å². The van der Waals surface area contributed by atoms with Crippen LogP contribution in [0.3, 0.4) is 0 Å². The van der Waals surface area contributed by atoms with Gasteiger partial charge in [0.1, 0.15) is 6.04 Å². The van der Waals surface area contributed by atoms with Gasteiger partial charge in [0.2, 0.25) is 0 Å². The molecule has 0 spiro atoms. The normalized spacial score (nSPS) is 11.4. The number of carbonyl (C=O) groups is 2. The van der Waals surface area contributed by atoms with Crippen molar-refractivity contribution < 1.29 is 9.59 Å². The molecule has 5 heteroatoms. The lowest BCUT2D eigenvalue weighted by molar-refractivity contribution is -0.118. The van der Waals surface area contributed by atoms with Crippen molar-refractivity contribution in [2.45, 2.75) is 6.04 Å². The third-order valence-electron chi connectivity index (χ3n) is 3.80. The van der Waals surface area contributed by atoms with E-state index in [1.807, 2.05) is 60.7 Å². The summed E-state index contributed by atoms with van der Waals surface area (Å²) in [5.41, 5.74) is 1.92. The molecular formula is C21H17IN2O2. The number of nitrogens with one attached hydrogen (secondary N) is 2. The molecule has 3 rings (SSSR count). The first-order chi connectivity index (χ1) is 12.6. The Morgan fingerprint density at radius 3 is 2.12 bits per heavy atom. The maximum Gasteiger partial charge on any atom is 0.252 e. The molecule has 2 N–H and O–H groups in total. The summed E-state index contributed by atoms with van der Waals surface area (Å²) in [6.07, 6.45) is 0. The first-order valence-corrected chi connectivity index (χ1v) is 9.18. The van der Waals surface area contributed by atoms with Crippen molar-refractivity contribution >= 4 is 40.1 Å². The van der Waals surface area contributed by atoms with Crippen molar-refractivity contribution in [2.24, 2.45) is 0 Å². The van der Waals surface area contributed by atoms with E-state index in [1.165, 1.54) is 0 Å². The van der Waals surface area contributed by atoms with Gasteiger partial charge in [0.15, 0.2) is 0 Å². The van der Waals surface area contributed by atoms with E-state index < -0.39 is 6.04 Å². The number of rotatable bonds is 5. The summed E-state index contributed by atoms with van der Waals surface area (Å²) < 4.78 is 0.959. The van der Waals surface area contributed by atoms with Crippen molar-refractivity contribution in [1.29, 1.82) is 0 Å². The number of carbonyl (C=O) groups excluding carboxylic acids is 2. The van der Waals surface area contributed by atoms with Crippen LogP contribution in [0.5, 0.6) is 0 Å². The van der Waals surface area contributed by atoms with Crippen LogP contribution < -0.4 is 10.6 Å². The lowest BCUT2D eigenvalue weighted by Gasteiger charge is -2.19. The van der Waals surface area contributed by atoms with E-state index in [0.717, 1.165) is 9.13 Å². The van der Waals surface area contributed by atoms with Crippen molar-refractivity contribution in [3.8, 4) is 0 Å². The highest BCUT2D eigenvalue weighted by molar-refractivity contribution is 14.1. The Morgan fingerprint density at radius 2 is 1.46 bits per heavy atom. The third-order valence-corrected chi connectivity index (χ3v) is 4.47. The Labute approximate surface area is 165 Å². The van der Waals surface area contributed by atoms with Gasteiger partial charge in [-0.1, -0.05) is 54.6 Å². The highest BCUT2D eigenvalue weighted by Gasteiger charge is 2.23. The van der Waals surface area contributed by atoms with Crippen LogP contribution in [0, 0.1) is 3.57 Å². The molecular weight excluding hydrogens is 439 g/mol. The summed E-state index contributed by atoms with van der Waals surface area (Å²) in [7, 11) is 0. The molecule has 3 aromatic rings. The molecule has 0 aliphatic heterocycles. The highest BCUT2D eigenvalue weighted by atomic mass is 127. The molecule has 0 saturated heterocycles. The zero-order valence-electron chi connectivity index (χ0n) is 13.9. The van der Waals surface area contributed by atoms with Gasteiger partial charge in [-0.15, -0.1) is 0 Å². The van der Waals surface area contributed by atoms with E-state index in [4.69, 9.17) is 0 Å². The first kappa shape index (κ1) is 18.1. The van der Waals surface area contributed by atoms with Crippen LogP contribution in [-0.4, -0.2) is 11.8 Å². The SMILES string of the molecule is O=C(NC(C(=O)Nc1ccccc1)c1ccccc1)c1cccc(I)c1. The average molecular weight is 456 g/mol. The maximum atomic E-state index is 12.8. The fraction of sp³-hybridized carbons (Fsp3) is 0.0476. The molecule has 0 aromatic heterocycles. The Morgan fingerprint density at radius 1 is 0.808 bits per heavy atom. The second-order valence-corrected chi connectivity index (χ2v) is 6.93. The van der Waals surface area contributed by atoms with Crippen molar-refractivity contribution in [1.82, 2.24) is 5.32 Å². The molecule has 1 unspecified atom stereocenters. The minimum Gasteiger partial charge on any atom is -0.336 e. The summed E-state index contributed by atoms with van der Waals surface area (Å²) in [4.78, 5) is 25.5. The second kappa shape index (κ2) is 8.62. The molecule has 26 heavy (non-hydrogen) atoms. The van der Waals surface area contributed by atoms with Gasteiger partial charge in [0, 0.05) is 14.8 Å². The number of halogens is 1. The van der Waals surface area contributed by atoms with Crippen LogP contribution in [0.1, 0.15) is 22.0 Å². The number of para-hydroxylation sites is 1. The highest BCUT2D eigenvalue weighted by Crippen LogP contribution is 2.17. The van der Waals surface area contributed by atoms with Gasteiger partial charge < -0.3 is 10.6 Å². The molecule has 4 nitrogen and oxygen atoms in total. The number of anilines is 1. The average Bonchev–Trinajstić information content (AvgIpc) is 2.67. The molecule has 0 aliphatic carbocycles. The summed E-state index contributed by atoms with van der Waals surface area (Å²) in [5, 5.41) is 5.70. The van der Waals surface area contributed by atoms with E-state index in [0.29, 0.717) is 11.3 Å². The standard InChI is InChI=1S/C21H17IN2O2/c22-17-11-7-10-16(14-17)20(25)24-19(15-8-3-1-4-9-15)21(26)23-18-12-5-2-6-13-18/h1-14,19H,(H,23,26)(H,24,25). The van der Waals surface area contributed by atoms with Gasteiger partial charge in [-0.25, -0.2) is 0 Å². The van der Waals surface area contributed by atoms with Gasteiger partial charge in [-0.05, 0) is 58.5 Å². The number of hydrogen-bond acceptors (Lipinski definition) is 2. The topological polar surface area (TPSA) is 58.2 Å². The Hall–Kier alpha value is -2.67. The van der Waals surface area contributed by atoms with Gasteiger partial charge in [-0.2, -0.15) is 0 Å². The summed E-state index contributed by atoms with van der Waals surface area (Å²) in [5.74, 6) is -0.582. The molecule has 3 aromatic carbocycles. The van der Waals surface area contributed by atoms with Crippen LogP contribution in [0.2, 0.25) is 0 Å². The van der Waals surface area contributed by atoms with E-state index in [9.17, 15) is 9.59 Å². The summed E-state index contributed by atoms with van der Waals surface area (Å²) in [6, 6.07) is 24.8. The quantitative estimate of drug-likeness (QED) is 0.560. The van der Waals surface area contributed by atoms with Crippen LogP contribution in [-0.2, 0) is 4.79 Å². The molecule has 0 heterocycles. The Balaban J connectivity index is 1.84. The van der Waals surface area contributed by atoms with E-state index in [-0.39, 0.29) is 11.8 Å². The predicted molar refractivity (Wildman–Crippen MR) is 111 cm³/mol. The molecule has 2 amide bonds. The Kier molecular flexibility index (Phi) is 6.01. The maximum absolute atomic E-state index is 12.8. The molecule has 0 fully saturated rings. The smallest absolute Gasteiger partial charge is 0.252 e. The van der Waals surface area contributed by atoms with Crippen LogP contribution >= 0.6 is 22.6 Å². The van der Waals surface area contributed by atoms with Crippen molar-refractivity contribution in [2.75, 3.05) is 5.32 Å². The van der Waals surface area contributed by atoms with Crippen LogP contribution in [0.4, 0.5) is 5.69 Å². The van der Waals surface area contributed by atoms with Gasteiger partial charge in [0.05, 0.1) is 0 Å². The minimum absolute atomic E-state index is 0.290. The third kappa shape index (κ3) is 4.70. The molecule has 0 aliphatic rings. The van der Waals surface area contributed by atoms with Crippen molar-refractivity contribution in [3.05, 3.63) is 99.6 Å². The fourth-order valence-electron chi connectivity index (χ4n) is 2.53. The minimum atomic E-state index is -0.790. The van der Waals surface area contributed by atoms with Crippen LogP contribution in [0.15, 0.2) is 84.9 Å². The molecule has 0 saturated carbocycles. The number of amides is 2. The van der Waals surface area contributed by atoms with Crippen molar-refractivity contribution in [3.63, 3.8) is 0 Å². The molecule has 1 atom stereocenters. The summed E-state index contributed by atoms with van der Waals surface area (Å²) in [6.45, 7) is 0. The van der Waals surface area contributed by atoms with E-state index >= 15 is 0 Å². The lowest BCUT2D eigenvalue weighted by Crippen LogP contribution is -2.37. The molecule has 0 radical (unpaired) electrons. The second-order valence-electron chi connectivity index (χ2n) is 5.68. The fourth-order valence-corrected chi connectivity index (χ4v) is 3.07. The zero-order valence-corrected chi connectivity index (χ0v) is 16.0. The number of hydrogen-bond donors (Lipinski definition) is 2. The van der Waals surface area contributed by atoms with E-state index in [2.05, 4.69) is 33.2 Å². The summed E-state index contributed by atoms with van der Waals surface area (Å²) >= 11 is 2.15. The van der Waals surface area contributed by atoms with Crippen LogP contribution in [0.25, 0.3) is 0 Å². The predicted octanol–water partition coefficient (Wildman–Crippen LogP) is 4.40.